The third-order valence-corrected chi connectivity index (χ3v) is 4.47. The number of carbonyl (C=O) groups excluding carboxylic acids is 1. The Morgan fingerprint density at radius 1 is 1.42 bits per heavy atom. The van der Waals surface area contributed by atoms with Gasteiger partial charge in [-0.25, -0.2) is 4.79 Å². The van der Waals surface area contributed by atoms with Crippen LogP contribution in [0.1, 0.15) is 26.2 Å². The lowest BCUT2D eigenvalue weighted by Crippen LogP contribution is -2.42. The van der Waals surface area contributed by atoms with Crippen LogP contribution in [0.3, 0.4) is 0 Å². The number of benzene rings is 1. The predicted octanol–water partition coefficient (Wildman–Crippen LogP) is 4.06. The molecule has 1 atom stereocenters. The summed E-state index contributed by atoms with van der Waals surface area (Å²) in [7, 11) is 0. The molecule has 1 aliphatic heterocycles. The van der Waals surface area contributed by atoms with E-state index in [0.29, 0.717) is 5.92 Å². The van der Waals surface area contributed by atoms with Crippen molar-refractivity contribution in [1.82, 2.24) is 4.90 Å². The average Bonchev–Trinajstić information content (AvgIpc) is 2.48. The van der Waals surface area contributed by atoms with Crippen LogP contribution in [-0.4, -0.2) is 30.3 Å². The normalized spacial score (nSPS) is 19.3. The molecule has 3 nitrogen and oxygen atoms in total. The Hall–Kier alpha value is -1.16. The van der Waals surface area contributed by atoms with Crippen LogP contribution in [-0.2, 0) is 0 Å². The molecule has 4 heteroatoms. The summed E-state index contributed by atoms with van der Waals surface area (Å²) in [6.45, 7) is 3.98. The van der Waals surface area contributed by atoms with E-state index < -0.39 is 0 Å². The van der Waals surface area contributed by atoms with E-state index >= 15 is 0 Å². The zero-order valence-corrected chi connectivity index (χ0v) is 12.5. The van der Waals surface area contributed by atoms with Gasteiger partial charge in [0.05, 0.1) is 0 Å². The van der Waals surface area contributed by atoms with Crippen LogP contribution in [0.5, 0.6) is 0 Å². The highest BCUT2D eigenvalue weighted by molar-refractivity contribution is 7.98. The first-order valence-electron chi connectivity index (χ1n) is 6.93. The molecule has 1 aromatic rings. The highest BCUT2D eigenvalue weighted by Gasteiger charge is 2.22. The summed E-state index contributed by atoms with van der Waals surface area (Å²) in [5.74, 6) is 0.665. The Morgan fingerprint density at radius 2 is 2.16 bits per heavy atom. The highest BCUT2D eigenvalue weighted by atomic mass is 32.2. The summed E-state index contributed by atoms with van der Waals surface area (Å²) < 4.78 is 0. The van der Waals surface area contributed by atoms with Gasteiger partial charge in [-0.05, 0) is 49.3 Å². The smallest absolute Gasteiger partial charge is 0.321 e. The number of likely N-dealkylation sites (tertiary alicyclic amines) is 1. The van der Waals surface area contributed by atoms with Crippen molar-refractivity contribution in [1.29, 1.82) is 0 Å². The molecule has 2 amide bonds. The summed E-state index contributed by atoms with van der Waals surface area (Å²) in [5, 5.41) is 2.99. The molecular weight excluding hydrogens is 256 g/mol. The lowest BCUT2D eigenvalue weighted by Gasteiger charge is -2.32. The molecule has 1 fully saturated rings. The quantitative estimate of drug-likeness (QED) is 0.846. The molecule has 2 rings (SSSR count). The van der Waals surface area contributed by atoms with Crippen LogP contribution in [0.25, 0.3) is 0 Å². The Labute approximate surface area is 119 Å². The van der Waals surface area contributed by atoms with Crippen molar-refractivity contribution in [2.75, 3.05) is 24.7 Å². The summed E-state index contributed by atoms with van der Waals surface area (Å²) in [4.78, 5) is 15.3. The first-order valence-corrected chi connectivity index (χ1v) is 8.15. The fourth-order valence-corrected chi connectivity index (χ4v) is 2.87. The fourth-order valence-electron chi connectivity index (χ4n) is 2.46. The van der Waals surface area contributed by atoms with E-state index in [0.717, 1.165) is 31.6 Å². The zero-order valence-electron chi connectivity index (χ0n) is 11.7. The lowest BCUT2D eigenvalue weighted by atomic mass is 9.96. The highest BCUT2D eigenvalue weighted by Crippen LogP contribution is 2.21. The number of piperidine rings is 1. The molecule has 1 heterocycles. The van der Waals surface area contributed by atoms with Crippen LogP contribution in [0.4, 0.5) is 10.5 Å². The number of nitrogens with zero attached hydrogens (tertiary/aromatic N) is 1. The summed E-state index contributed by atoms with van der Waals surface area (Å²) in [6.07, 6.45) is 5.58. The van der Waals surface area contributed by atoms with Crippen LogP contribution >= 0.6 is 11.8 Å². The second kappa shape index (κ2) is 6.85. The Balaban J connectivity index is 1.92. The minimum atomic E-state index is 0.0371. The van der Waals surface area contributed by atoms with Gasteiger partial charge in [-0.3, -0.25) is 0 Å². The number of hydrogen-bond acceptors (Lipinski definition) is 2. The number of amides is 2. The topological polar surface area (TPSA) is 32.3 Å². The van der Waals surface area contributed by atoms with Gasteiger partial charge in [-0.15, -0.1) is 11.8 Å². The Morgan fingerprint density at radius 3 is 2.79 bits per heavy atom. The van der Waals surface area contributed by atoms with Gasteiger partial charge in [0.1, 0.15) is 0 Å². The van der Waals surface area contributed by atoms with E-state index in [2.05, 4.69) is 12.2 Å². The molecule has 104 valence electrons. The van der Waals surface area contributed by atoms with Crippen LogP contribution in [0.15, 0.2) is 29.2 Å². The second-order valence-corrected chi connectivity index (χ2v) is 5.90. The van der Waals surface area contributed by atoms with Crippen molar-refractivity contribution in [3.63, 3.8) is 0 Å². The molecule has 0 bridgehead atoms. The number of carbonyl (C=O) groups is 1. The van der Waals surface area contributed by atoms with E-state index in [4.69, 9.17) is 0 Å². The van der Waals surface area contributed by atoms with Crippen LogP contribution < -0.4 is 5.32 Å². The molecule has 1 unspecified atom stereocenters. The van der Waals surface area contributed by atoms with E-state index in [1.807, 2.05) is 35.4 Å². The Kier molecular flexibility index (Phi) is 5.14. The van der Waals surface area contributed by atoms with Crippen molar-refractivity contribution < 1.29 is 4.79 Å². The average molecular weight is 278 g/mol. The molecule has 0 radical (unpaired) electrons. The summed E-state index contributed by atoms with van der Waals surface area (Å²) in [6, 6.07) is 8.03. The minimum absolute atomic E-state index is 0.0371. The summed E-state index contributed by atoms with van der Waals surface area (Å²) in [5.41, 5.74) is 0.876. The van der Waals surface area contributed by atoms with Gasteiger partial charge in [-0.2, -0.15) is 0 Å². The number of hydrogen-bond donors (Lipinski definition) is 1. The fraction of sp³-hybridized carbons (Fsp3) is 0.533. The van der Waals surface area contributed by atoms with Gasteiger partial charge in [-0.1, -0.05) is 13.3 Å². The molecule has 1 aromatic carbocycles. The maximum Gasteiger partial charge on any atom is 0.321 e. The number of anilines is 1. The summed E-state index contributed by atoms with van der Waals surface area (Å²) >= 11 is 1.70. The van der Waals surface area contributed by atoms with E-state index in [1.54, 1.807) is 11.8 Å². The monoisotopic (exact) mass is 278 g/mol. The SMILES string of the molecule is CCC1CCCN(C(=O)Nc2ccc(SC)cc2)C1. The first-order chi connectivity index (χ1) is 9.22. The number of thioether (sulfide) groups is 1. The third kappa shape index (κ3) is 3.90. The van der Waals surface area contributed by atoms with Crippen molar-refractivity contribution in [2.45, 2.75) is 31.1 Å². The van der Waals surface area contributed by atoms with E-state index in [-0.39, 0.29) is 6.03 Å². The van der Waals surface area contributed by atoms with Gasteiger partial charge in [0, 0.05) is 23.7 Å². The largest absolute Gasteiger partial charge is 0.324 e. The van der Waals surface area contributed by atoms with Crippen LogP contribution in [0, 0.1) is 5.92 Å². The Bertz CT molecular complexity index is 419. The van der Waals surface area contributed by atoms with Crippen molar-refractivity contribution >= 4 is 23.5 Å². The van der Waals surface area contributed by atoms with Crippen molar-refractivity contribution in [3.8, 4) is 0 Å². The predicted molar refractivity (Wildman–Crippen MR) is 81.8 cm³/mol. The molecule has 1 saturated heterocycles. The lowest BCUT2D eigenvalue weighted by molar-refractivity contribution is 0.176. The molecule has 0 saturated carbocycles. The molecule has 0 spiro atoms. The van der Waals surface area contributed by atoms with E-state index in [1.165, 1.54) is 11.3 Å². The minimum Gasteiger partial charge on any atom is -0.324 e. The maximum atomic E-state index is 12.2. The molecule has 0 aliphatic carbocycles. The van der Waals surface area contributed by atoms with Gasteiger partial charge >= 0.3 is 6.03 Å². The standard InChI is InChI=1S/C15H22N2OS/c1-3-12-5-4-10-17(11-12)15(18)16-13-6-8-14(19-2)9-7-13/h6-9,12H,3-5,10-11H2,1-2H3,(H,16,18). The van der Waals surface area contributed by atoms with E-state index in [9.17, 15) is 4.79 Å². The van der Waals surface area contributed by atoms with Gasteiger partial charge in [0.25, 0.3) is 0 Å². The van der Waals surface area contributed by atoms with Gasteiger partial charge in [0.15, 0.2) is 0 Å². The number of rotatable bonds is 3. The molecule has 1 aliphatic rings. The number of nitrogens with one attached hydrogen (secondary N) is 1. The van der Waals surface area contributed by atoms with Gasteiger partial charge < -0.3 is 10.2 Å². The molecule has 0 aromatic heterocycles. The molecule has 1 N–H and O–H groups in total. The molecule has 19 heavy (non-hydrogen) atoms. The maximum absolute atomic E-state index is 12.2. The second-order valence-electron chi connectivity index (χ2n) is 5.02. The van der Waals surface area contributed by atoms with Crippen LogP contribution in [0.2, 0.25) is 0 Å². The first kappa shape index (κ1) is 14.3. The van der Waals surface area contributed by atoms with Crippen molar-refractivity contribution in [2.24, 2.45) is 5.92 Å². The third-order valence-electron chi connectivity index (χ3n) is 3.72. The van der Waals surface area contributed by atoms with Gasteiger partial charge in [0.2, 0.25) is 0 Å². The number of urea groups is 1. The van der Waals surface area contributed by atoms with Crippen molar-refractivity contribution in [3.05, 3.63) is 24.3 Å². The zero-order chi connectivity index (χ0) is 13.7. The molecular formula is C15H22N2OS.